The summed E-state index contributed by atoms with van der Waals surface area (Å²) in [5.74, 6) is -0.144. The maximum absolute atomic E-state index is 12.5. The van der Waals surface area contributed by atoms with Gasteiger partial charge in [-0.2, -0.15) is 0 Å². The van der Waals surface area contributed by atoms with Gasteiger partial charge in [0.15, 0.2) is 5.78 Å². The second-order valence-electron chi connectivity index (χ2n) is 6.01. The second kappa shape index (κ2) is 8.13. The largest absolute Gasteiger partial charge is 0.293 e. The van der Waals surface area contributed by atoms with Gasteiger partial charge in [-0.25, -0.2) is 4.98 Å². The number of carbonyl (C=O) groups is 2. The van der Waals surface area contributed by atoms with E-state index in [1.165, 1.54) is 15.9 Å². The number of nitrogens with zero attached hydrogens (tertiary/aromatic N) is 2. The lowest BCUT2D eigenvalue weighted by Gasteiger charge is -2.13. The summed E-state index contributed by atoms with van der Waals surface area (Å²) in [6, 6.07) is 10.7. The molecule has 0 unspecified atom stereocenters. The van der Waals surface area contributed by atoms with E-state index in [2.05, 4.69) is 15.8 Å². The van der Waals surface area contributed by atoms with Crippen molar-refractivity contribution in [2.45, 2.75) is 33.2 Å². The molecule has 0 fully saturated rings. The van der Waals surface area contributed by atoms with Crippen LogP contribution < -0.4 is 16.4 Å². The van der Waals surface area contributed by atoms with E-state index in [0.29, 0.717) is 22.3 Å². The van der Waals surface area contributed by atoms with E-state index >= 15 is 0 Å². The summed E-state index contributed by atoms with van der Waals surface area (Å²) in [7, 11) is 0. The molecule has 0 bridgehead atoms. The summed E-state index contributed by atoms with van der Waals surface area (Å²) < 4.78 is 1.45. The smallest absolute Gasteiger partial charge is 0.262 e. The van der Waals surface area contributed by atoms with Gasteiger partial charge in [-0.3, -0.25) is 29.8 Å². The Kier molecular flexibility index (Phi) is 5.66. The van der Waals surface area contributed by atoms with Crippen molar-refractivity contribution >= 4 is 39.9 Å². The number of Topliss-reactive ketones (excluding diaryl/α,β-unsaturated/α-hetero) is 1. The van der Waals surface area contributed by atoms with Gasteiger partial charge in [0, 0.05) is 24.3 Å². The molecule has 0 aliphatic heterocycles. The average Bonchev–Trinajstić information content (AvgIpc) is 3.11. The molecule has 1 aromatic carbocycles. The third-order valence-corrected chi connectivity index (χ3v) is 5.13. The van der Waals surface area contributed by atoms with Gasteiger partial charge in [-0.1, -0.05) is 12.1 Å². The van der Waals surface area contributed by atoms with Gasteiger partial charge < -0.3 is 0 Å². The Bertz CT molecular complexity index is 1050. The highest BCUT2D eigenvalue weighted by atomic mass is 32.1. The van der Waals surface area contributed by atoms with Crippen LogP contribution in [0.3, 0.4) is 0 Å². The Balaban J connectivity index is 1.65. The topological polar surface area (TPSA) is 93.1 Å². The fourth-order valence-electron chi connectivity index (χ4n) is 2.68. The van der Waals surface area contributed by atoms with Crippen LogP contribution >= 0.6 is 11.3 Å². The molecule has 0 saturated heterocycles. The summed E-state index contributed by atoms with van der Waals surface area (Å²) in [6.07, 6.45) is 0.173. The third kappa shape index (κ3) is 4.22. The van der Waals surface area contributed by atoms with Gasteiger partial charge >= 0.3 is 0 Å². The molecule has 1 amide bonds. The van der Waals surface area contributed by atoms with Crippen molar-refractivity contribution in [1.29, 1.82) is 0 Å². The zero-order valence-electron chi connectivity index (χ0n) is 15.1. The number of para-hydroxylation sites is 1. The normalized spacial score (nSPS) is 10.7. The number of benzene rings is 1. The molecule has 0 atom stereocenters. The number of anilines is 1. The molecule has 2 N–H and O–H groups in total. The van der Waals surface area contributed by atoms with Crippen molar-refractivity contribution in [2.24, 2.45) is 0 Å². The third-order valence-electron chi connectivity index (χ3n) is 4.09. The van der Waals surface area contributed by atoms with Crippen LogP contribution in [0.1, 0.15) is 34.3 Å². The minimum absolute atomic E-state index is 0.0483. The van der Waals surface area contributed by atoms with E-state index in [1.54, 1.807) is 30.3 Å². The molecule has 0 aliphatic carbocycles. The predicted molar refractivity (Wildman–Crippen MR) is 106 cm³/mol. The van der Waals surface area contributed by atoms with Crippen LogP contribution in [-0.4, -0.2) is 21.2 Å². The minimum Gasteiger partial charge on any atom is -0.293 e. The summed E-state index contributed by atoms with van der Waals surface area (Å²) in [4.78, 5) is 42.8. The number of fused-ring (bicyclic) bond motifs is 1. The van der Waals surface area contributed by atoms with E-state index in [9.17, 15) is 14.4 Å². The van der Waals surface area contributed by atoms with Crippen LogP contribution in [0.2, 0.25) is 0 Å². The Labute approximate surface area is 160 Å². The first-order chi connectivity index (χ1) is 13.0. The molecule has 0 saturated carbocycles. The van der Waals surface area contributed by atoms with Gasteiger partial charge in [0.1, 0.15) is 0 Å². The molecule has 3 rings (SSSR count). The quantitative estimate of drug-likeness (QED) is 0.483. The van der Waals surface area contributed by atoms with E-state index < -0.39 is 0 Å². The molecule has 3 aromatic rings. The van der Waals surface area contributed by atoms with Crippen LogP contribution in [0.25, 0.3) is 10.9 Å². The van der Waals surface area contributed by atoms with Crippen LogP contribution in [0, 0.1) is 6.92 Å². The first-order valence-corrected chi connectivity index (χ1v) is 9.45. The van der Waals surface area contributed by atoms with Crippen molar-refractivity contribution < 1.29 is 9.59 Å². The number of aromatic nitrogens is 2. The van der Waals surface area contributed by atoms with Gasteiger partial charge in [0.2, 0.25) is 11.9 Å². The Hall–Kier alpha value is -3.00. The molecule has 0 spiro atoms. The summed E-state index contributed by atoms with van der Waals surface area (Å²) in [6.45, 7) is 4.17. The number of amides is 1. The maximum atomic E-state index is 12.5. The summed E-state index contributed by atoms with van der Waals surface area (Å²) >= 11 is 1.42. The van der Waals surface area contributed by atoms with Crippen LogP contribution in [0.15, 0.2) is 41.2 Å². The predicted octanol–water partition coefficient (Wildman–Crippen LogP) is 2.89. The number of nitrogens with one attached hydrogen (secondary N) is 2. The number of hydrogen-bond acceptors (Lipinski definition) is 6. The first-order valence-electron chi connectivity index (χ1n) is 8.63. The van der Waals surface area contributed by atoms with Crippen molar-refractivity contribution in [3.8, 4) is 0 Å². The Morgan fingerprint density at radius 1 is 1.15 bits per heavy atom. The number of carbonyl (C=O) groups excluding carboxylic acids is 2. The Morgan fingerprint density at radius 2 is 1.93 bits per heavy atom. The van der Waals surface area contributed by atoms with Crippen LogP contribution in [0.4, 0.5) is 5.95 Å². The average molecular weight is 384 g/mol. The zero-order chi connectivity index (χ0) is 19.4. The van der Waals surface area contributed by atoms with E-state index in [1.807, 2.05) is 19.9 Å². The monoisotopic (exact) mass is 384 g/mol. The van der Waals surface area contributed by atoms with E-state index in [-0.39, 0.29) is 36.0 Å². The SMILES string of the molecule is CCn1c(NNC(=O)CCC(=O)c2ccc(C)s2)nc2ccccc2c1=O. The van der Waals surface area contributed by atoms with Gasteiger partial charge in [-0.15, -0.1) is 11.3 Å². The van der Waals surface area contributed by atoms with E-state index in [0.717, 1.165) is 4.88 Å². The summed E-state index contributed by atoms with van der Waals surface area (Å²) in [5.41, 5.74) is 5.60. The first kappa shape index (κ1) is 18.8. The lowest BCUT2D eigenvalue weighted by molar-refractivity contribution is -0.120. The molecular formula is C19H20N4O3S. The molecule has 140 valence electrons. The molecule has 0 radical (unpaired) electrons. The van der Waals surface area contributed by atoms with Gasteiger partial charge in [0.05, 0.1) is 15.8 Å². The fraction of sp³-hybridized carbons (Fsp3) is 0.263. The highest BCUT2D eigenvalue weighted by Gasteiger charge is 2.13. The second-order valence-corrected chi connectivity index (χ2v) is 7.30. The highest BCUT2D eigenvalue weighted by Crippen LogP contribution is 2.17. The van der Waals surface area contributed by atoms with Crippen molar-refractivity contribution in [3.05, 3.63) is 56.5 Å². The molecule has 0 aliphatic rings. The van der Waals surface area contributed by atoms with Crippen molar-refractivity contribution in [1.82, 2.24) is 15.0 Å². The highest BCUT2D eigenvalue weighted by molar-refractivity contribution is 7.14. The zero-order valence-corrected chi connectivity index (χ0v) is 15.9. The lowest BCUT2D eigenvalue weighted by Crippen LogP contribution is -2.34. The van der Waals surface area contributed by atoms with Crippen LogP contribution in [0.5, 0.6) is 0 Å². The van der Waals surface area contributed by atoms with E-state index in [4.69, 9.17) is 0 Å². The molecule has 7 nitrogen and oxygen atoms in total. The molecular weight excluding hydrogens is 364 g/mol. The van der Waals surface area contributed by atoms with Crippen LogP contribution in [-0.2, 0) is 11.3 Å². The number of hydrogen-bond donors (Lipinski definition) is 2. The molecule has 2 aromatic heterocycles. The van der Waals surface area contributed by atoms with Crippen molar-refractivity contribution in [3.63, 3.8) is 0 Å². The van der Waals surface area contributed by atoms with Gasteiger partial charge in [-0.05, 0) is 38.1 Å². The van der Waals surface area contributed by atoms with Crippen molar-refractivity contribution in [2.75, 3.05) is 5.43 Å². The maximum Gasteiger partial charge on any atom is 0.262 e. The number of aryl methyl sites for hydroxylation is 1. The molecule has 27 heavy (non-hydrogen) atoms. The number of ketones is 1. The molecule has 8 heteroatoms. The molecule has 2 heterocycles. The Morgan fingerprint density at radius 3 is 2.63 bits per heavy atom. The number of rotatable bonds is 7. The number of hydrazine groups is 1. The minimum atomic E-state index is -0.346. The van der Waals surface area contributed by atoms with Gasteiger partial charge in [0.25, 0.3) is 5.56 Å². The number of thiophene rings is 1. The summed E-state index contributed by atoms with van der Waals surface area (Å²) in [5, 5.41) is 0.521. The fourth-order valence-corrected chi connectivity index (χ4v) is 3.51. The lowest BCUT2D eigenvalue weighted by atomic mass is 10.2. The standard InChI is InChI=1S/C19H20N4O3S/c1-3-23-18(26)13-6-4-5-7-14(13)20-19(23)22-21-17(25)11-9-15(24)16-10-8-12(2)27-16/h4-8,10H,3,9,11H2,1-2H3,(H,20,22)(H,21,25).